The molecule has 0 fully saturated rings. The SMILES string of the molecule is CC=CCOc1ccccc1S(=O)(=O)O.[Na]. The van der Waals surface area contributed by atoms with E-state index in [4.69, 9.17) is 9.29 Å². The minimum absolute atomic E-state index is 0. The summed E-state index contributed by atoms with van der Waals surface area (Å²) < 4.78 is 36.0. The molecule has 1 aromatic carbocycles. The fourth-order valence-electron chi connectivity index (χ4n) is 1.02. The second kappa shape index (κ2) is 7.09. The van der Waals surface area contributed by atoms with Crippen LogP contribution >= 0.6 is 0 Å². The molecule has 0 amide bonds. The molecule has 16 heavy (non-hydrogen) atoms. The maximum absolute atomic E-state index is 10.9. The third kappa shape index (κ3) is 4.67. The zero-order valence-electron chi connectivity index (χ0n) is 9.25. The van der Waals surface area contributed by atoms with Gasteiger partial charge in [-0.05, 0) is 19.1 Å². The zero-order valence-corrected chi connectivity index (χ0v) is 12.1. The fourth-order valence-corrected chi connectivity index (χ4v) is 1.65. The van der Waals surface area contributed by atoms with Crippen LogP contribution in [-0.2, 0) is 10.1 Å². The zero-order chi connectivity index (χ0) is 11.3. The first-order chi connectivity index (χ1) is 7.05. The maximum atomic E-state index is 10.9. The molecule has 1 radical (unpaired) electrons. The van der Waals surface area contributed by atoms with Gasteiger partial charge in [0.15, 0.2) is 0 Å². The minimum Gasteiger partial charge on any atom is -0.488 e. The van der Waals surface area contributed by atoms with Gasteiger partial charge in [0.05, 0.1) is 0 Å². The summed E-state index contributed by atoms with van der Waals surface area (Å²) in [5.41, 5.74) is 0. The Balaban J connectivity index is 0.00000225. The Hall–Kier alpha value is -0.330. The van der Waals surface area contributed by atoms with Crippen molar-refractivity contribution < 1.29 is 17.7 Å². The minimum atomic E-state index is -4.22. The van der Waals surface area contributed by atoms with E-state index in [1.54, 1.807) is 18.2 Å². The molecule has 0 heterocycles. The van der Waals surface area contributed by atoms with Crippen molar-refractivity contribution in [3.8, 4) is 5.75 Å². The molecule has 0 saturated heterocycles. The van der Waals surface area contributed by atoms with E-state index in [2.05, 4.69) is 0 Å². The molecule has 0 bridgehead atoms. The van der Waals surface area contributed by atoms with Gasteiger partial charge in [-0.2, -0.15) is 8.42 Å². The summed E-state index contributed by atoms with van der Waals surface area (Å²) in [5.74, 6) is 0.151. The Labute approximate surface area is 117 Å². The molecule has 0 aliphatic carbocycles. The van der Waals surface area contributed by atoms with E-state index in [1.165, 1.54) is 18.2 Å². The predicted molar refractivity (Wildman–Crippen MR) is 62.3 cm³/mol. The van der Waals surface area contributed by atoms with Crippen LogP contribution < -0.4 is 4.74 Å². The first-order valence-electron chi connectivity index (χ1n) is 4.36. The van der Waals surface area contributed by atoms with Crippen molar-refractivity contribution in [2.75, 3.05) is 6.61 Å². The Bertz CT molecular complexity index is 454. The molecule has 0 saturated carbocycles. The Kier molecular flexibility index (Phi) is 6.94. The van der Waals surface area contributed by atoms with Crippen molar-refractivity contribution in [2.45, 2.75) is 11.8 Å². The van der Waals surface area contributed by atoms with Crippen LogP contribution in [0.25, 0.3) is 0 Å². The molecule has 1 N–H and O–H groups in total. The second-order valence-electron chi connectivity index (χ2n) is 2.80. The Morgan fingerprint density at radius 3 is 2.56 bits per heavy atom. The molecule has 1 rings (SSSR count). The number of rotatable bonds is 4. The van der Waals surface area contributed by atoms with Gasteiger partial charge in [0.25, 0.3) is 10.1 Å². The maximum Gasteiger partial charge on any atom is 0.298 e. The van der Waals surface area contributed by atoms with Crippen molar-refractivity contribution >= 4 is 39.7 Å². The first kappa shape index (κ1) is 15.7. The van der Waals surface area contributed by atoms with Gasteiger partial charge in [0.1, 0.15) is 17.3 Å². The average molecular weight is 251 g/mol. The van der Waals surface area contributed by atoms with E-state index >= 15 is 0 Å². The first-order valence-corrected chi connectivity index (χ1v) is 5.80. The van der Waals surface area contributed by atoms with Gasteiger partial charge in [0.2, 0.25) is 0 Å². The van der Waals surface area contributed by atoms with E-state index in [-0.39, 0.29) is 46.8 Å². The molecule has 4 nitrogen and oxygen atoms in total. The van der Waals surface area contributed by atoms with E-state index in [0.29, 0.717) is 0 Å². The molecule has 0 aromatic heterocycles. The monoisotopic (exact) mass is 251 g/mol. The van der Waals surface area contributed by atoms with Crippen LogP contribution in [-0.4, -0.2) is 49.1 Å². The van der Waals surface area contributed by atoms with Gasteiger partial charge in [-0.3, -0.25) is 4.55 Å². The van der Waals surface area contributed by atoms with Crippen LogP contribution in [0, 0.1) is 0 Å². The van der Waals surface area contributed by atoms with Crippen molar-refractivity contribution in [1.29, 1.82) is 0 Å². The molecular weight excluding hydrogens is 239 g/mol. The Morgan fingerprint density at radius 1 is 1.38 bits per heavy atom. The molecule has 0 atom stereocenters. The third-order valence-corrected chi connectivity index (χ3v) is 2.59. The summed E-state index contributed by atoms with van der Waals surface area (Å²) in [6.07, 6.45) is 3.52. The Morgan fingerprint density at radius 2 is 2.00 bits per heavy atom. The fraction of sp³-hybridized carbons (Fsp3) is 0.200. The smallest absolute Gasteiger partial charge is 0.298 e. The van der Waals surface area contributed by atoms with Gasteiger partial charge >= 0.3 is 0 Å². The van der Waals surface area contributed by atoms with Crippen molar-refractivity contribution in [1.82, 2.24) is 0 Å². The van der Waals surface area contributed by atoms with Crippen LogP contribution in [0.1, 0.15) is 6.92 Å². The molecule has 0 aliphatic rings. The molecule has 1 aromatic rings. The van der Waals surface area contributed by atoms with Crippen LogP contribution in [0.2, 0.25) is 0 Å². The van der Waals surface area contributed by atoms with Crippen LogP contribution in [0.3, 0.4) is 0 Å². The summed E-state index contributed by atoms with van der Waals surface area (Å²) in [5, 5.41) is 0. The van der Waals surface area contributed by atoms with Gasteiger partial charge in [-0.1, -0.05) is 24.3 Å². The van der Waals surface area contributed by atoms with Crippen molar-refractivity contribution in [3.63, 3.8) is 0 Å². The summed E-state index contributed by atoms with van der Waals surface area (Å²) >= 11 is 0. The number of hydrogen-bond acceptors (Lipinski definition) is 3. The van der Waals surface area contributed by atoms with E-state index < -0.39 is 10.1 Å². The molecule has 0 unspecified atom stereocenters. The molecule has 0 aliphatic heterocycles. The average Bonchev–Trinajstić information content (AvgIpc) is 2.17. The topological polar surface area (TPSA) is 63.6 Å². The number of allylic oxidation sites excluding steroid dienone is 1. The summed E-state index contributed by atoms with van der Waals surface area (Å²) in [7, 11) is -4.22. The standard InChI is InChI=1S/C10H12O4S.Na/c1-2-3-8-14-9-6-4-5-7-10(9)15(11,12)13;/h2-7H,8H2,1H3,(H,11,12,13);. The third-order valence-electron chi connectivity index (χ3n) is 1.70. The largest absolute Gasteiger partial charge is 0.488 e. The van der Waals surface area contributed by atoms with Gasteiger partial charge in [-0.15, -0.1) is 0 Å². The molecule has 6 heteroatoms. The predicted octanol–water partition coefficient (Wildman–Crippen LogP) is 1.51. The van der Waals surface area contributed by atoms with Crippen LogP contribution in [0.15, 0.2) is 41.3 Å². The van der Waals surface area contributed by atoms with Gasteiger partial charge in [0, 0.05) is 29.6 Å². The quantitative estimate of drug-likeness (QED) is 0.500. The molecular formula is C10H12NaO4S. The van der Waals surface area contributed by atoms with Crippen molar-refractivity contribution in [2.24, 2.45) is 0 Å². The van der Waals surface area contributed by atoms with Crippen molar-refractivity contribution in [3.05, 3.63) is 36.4 Å². The van der Waals surface area contributed by atoms with Gasteiger partial charge in [-0.25, -0.2) is 0 Å². The van der Waals surface area contributed by atoms with E-state index in [1.807, 2.05) is 6.92 Å². The number of hydrogen-bond donors (Lipinski definition) is 1. The molecule has 83 valence electrons. The van der Waals surface area contributed by atoms with E-state index in [0.717, 1.165) is 0 Å². The summed E-state index contributed by atoms with van der Waals surface area (Å²) in [4.78, 5) is -0.213. The summed E-state index contributed by atoms with van der Waals surface area (Å²) in [6, 6.07) is 5.94. The van der Waals surface area contributed by atoms with Crippen LogP contribution in [0.5, 0.6) is 5.75 Å². The van der Waals surface area contributed by atoms with Crippen LogP contribution in [0.4, 0.5) is 0 Å². The summed E-state index contributed by atoms with van der Waals surface area (Å²) in [6.45, 7) is 2.10. The normalized spacial score (nSPS) is 11.1. The number of ether oxygens (including phenoxy) is 1. The van der Waals surface area contributed by atoms with Gasteiger partial charge < -0.3 is 4.74 Å². The van der Waals surface area contributed by atoms with E-state index in [9.17, 15) is 8.42 Å². The molecule has 0 spiro atoms. The number of benzene rings is 1. The second-order valence-corrected chi connectivity index (χ2v) is 4.19. The number of para-hydroxylation sites is 1.